The zero-order valence-electron chi connectivity index (χ0n) is 19.5. The van der Waals surface area contributed by atoms with Gasteiger partial charge in [-0.05, 0) is 49.9 Å². The van der Waals surface area contributed by atoms with Gasteiger partial charge in [-0.15, -0.1) is 10.2 Å². The van der Waals surface area contributed by atoms with Crippen molar-refractivity contribution in [3.8, 4) is 5.75 Å². The number of rotatable bonds is 9. The third kappa shape index (κ3) is 6.29. The standard InChI is InChI=1S/C22H31N5O5S2/c1-31-18-9-7-17(8-10-18)23-20(28)15-33-22-25-24-21(27(22)14-19-6-4-12-32-19)16-5-3-11-26(13-16)34(2,29)30/h7-10,16,19H,3-6,11-15H2,1-2H3,(H,23,28)/t16-,19-/m0/s1. The van der Waals surface area contributed by atoms with E-state index in [-0.39, 0.29) is 23.7 Å². The van der Waals surface area contributed by atoms with E-state index in [2.05, 4.69) is 15.5 Å². The molecule has 1 aromatic carbocycles. The molecule has 0 spiro atoms. The molecule has 10 nitrogen and oxygen atoms in total. The van der Waals surface area contributed by atoms with Crippen LogP contribution in [-0.4, -0.2) is 78.3 Å². The van der Waals surface area contributed by atoms with E-state index in [1.807, 2.05) is 4.57 Å². The fourth-order valence-corrected chi connectivity index (χ4v) is 5.99. The second-order valence-electron chi connectivity index (χ2n) is 8.61. The maximum atomic E-state index is 12.5. The van der Waals surface area contributed by atoms with Crippen LogP contribution in [-0.2, 0) is 26.1 Å². The molecular formula is C22H31N5O5S2. The molecule has 2 atom stereocenters. The Kier molecular flexibility index (Phi) is 8.12. The Bertz CT molecular complexity index is 1080. The number of anilines is 1. The number of hydrogen-bond donors (Lipinski definition) is 1. The van der Waals surface area contributed by atoms with Gasteiger partial charge in [-0.3, -0.25) is 4.79 Å². The first-order chi connectivity index (χ1) is 16.3. The number of hydrogen-bond acceptors (Lipinski definition) is 8. The minimum absolute atomic E-state index is 0.0418. The first-order valence-corrected chi connectivity index (χ1v) is 14.2. The fraction of sp³-hybridized carbons (Fsp3) is 0.591. The van der Waals surface area contributed by atoms with E-state index in [1.165, 1.54) is 22.3 Å². The molecule has 1 N–H and O–H groups in total. The number of thioether (sulfide) groups is 1. The molecule has 2 aromatic rings. The van der Waals surface area contributed by atoms with Crippen LogP contribution in [0.25, 0.3) is 0 Å². The van der Waals surface area contributed by atoms with E-state index in [1.54, 1.807) is 31.4 Å². The predicted octanol–water partition coefficient (Wildman–Crippen LogP) is 2.34. The van der Waals surface area contributed by atoms with Crippen molar-refractivity contribution in [2.24, 2.45) is 0 Å². The molecule has 2 aliphatic heterocycles. The zero-order chi connectivity index (χ0) is 24.1. The van der Waals surface area contributed by atoms with Crippen molar-refractivity contribution in [1.29, 1.82) is 0 Å². The Morgan fingerprint density at radius 1 is 1.24 bits per heavy atom. The van der Waals surface area contributed by atoms with Gasteiger partial charge < -0.3 is 19.4 Å². The number of aromatic nitrogens is 3. The highest BCUT2D eigenvalue weighted by molar-refractivity contribution is 7.99. The summed E-state index contributed by atoms with van der Waals surface area (Å²) in [7, 11) is -1.67. The molecule has 2 fully saturated rings. The summed E-state index contributed by atoms with van der Waals surface area (Å²) in [5, 5.41) is 12.4. The molecule has 0 radical (unpaired) electrons. The zero-order valence-corrected chi connectivity index (χ0v) is 21.1. The van der Waals surface area contributed by atoms with Gasteiger partial charge in [0.1, 0.15) is 11.6 Å². The molecule has 2 aliphatic rings. The minimum atomic E-state index is -3.27. The summed E-state index contributed by atoms with van der Waals surface area (Å²) in [6.07, 6.45) is 4.90. The SMILES string of the molecule is COc1ccc(NC(=O)CSc2nnc([C@H]3CCCN(S(C)(=O)=O)C3)n2C[C@@H]2CCCO2)cc1. The topological polar surface area (TPSA) is 116 Å². The van der Waals surface area contributed by atoms with Gasteiger partial charge in [0.15, 0.2) is 5.16 Å². The van der Waals surface area contributed by atoms with Crippen LogP contribution in [0.5, 0.6) is 5.75 Å². The normalized spacial score (nSPS) is 21.5. The van der Waals surface area contributed by atoms with Gasteiger partial charge in [0.2, 0.25) is 15.9 Å². The van der Waals surface area contributed by atoms with E-state index in [0.717, 1.165) is 43.9 Å². The minimum Gasteiger partial charge on any atom is -0.497 e. The number of carbonyl (C=O) groups is 1. The van der Waals surface area contributed by atoms with Crippen LogP contribution in [0.2, 0.25) is 0 Å². The first-order valence-electron chi connectivity index (χ1n) is 11.4. The molecule has 0 saturated carbocycles. The summed E-state index contributed by atoms with van der Waals surface area (Å²) < 4.78 is 38.7. The molecule has 0 aliphatic carbocycles. The highest BCUT2D eigenvalue weighted by Gasteiger charge is 2.32. The summed E-state index contributed by atoms with van der Waals surface area (Å²) in [6.45, 7) is 2.26. The van der Waals surface area contributed by atoms with Gasteiger partial charge in [-0.25, -0.2) is 12.7 Å². The monoisotopic (exact) mass is 509 g/mol. The summed E-state index contributed by atoms with van der Waals surface area (Å²) in [5.41, 5.74) is 0.691. The van der Waals surface area contributed by atoms with Gasteiger partial charge >= 0.3 is 0 Å². The number of methoxy groups -OCH3 is 1. The Hall–Kier alpha value is -2.15. The quantitative estimate of drug-likeness (QED) is 0.512. The number of nitrogens with one attached hydrogen (secondary N) is 1. The molecule has 1 aromatic heterocycles. The van der Waals surface area contributed by atoms with Gasteiger partial charge in [0, 0.05) is 31.3 Å². The van der Waals surface area contributed by atoms with Crippen LogP contribution >= 0.6 is 11.8 Å². The maximum Gasteiger partial charge on any atom is 0.234 e. The Balaban J connectivity index is 1.46. The van der Waals surface area contributed by atoms with Crippen molar-refractivity contribution < 1.29 is 22.7 Å². The third-order valence-electron chi connectivity index (χ3n) is 6.08. The van der Waals surface area contributed by atoms with Gasteiger partial charge in [-0.2, -0.15) is 0 Å². The Morgan fingerprint density at radius 2 is 2.03 bits per heavy atom. The van der Waals surface area contributed by atoms with E-state index < -0.39 is 10.0 Å². The lowest BCUT2D eigenvalue weighted by atomic mass is 9.98. The molecule has 34 heavy (non-hydrogen) atoms. The van der Waals surface area contributed by atoms with Crippen molar-refractivity contribution in [3.63, 3.8) is 0 Å². The summed E-state index contributed by atoms with van der Waals surface area (Å²) in [6, 6.07) is 7.15. The maximum absolute atomic E-state index is 12.5. The molecule has 4 rings (SSSR count). The van der Waals surface area contributed by atoms with Gasteiger partial charge in [0.05, 0.1) is 31.8 Å². The summed E-state index contributed by atoms with van der Waals surface area (Å²) >= 11 is 1.32. The van der Waals surface area contributed by atoms with Crippen LogP contribution < -0.4 is 10.1 Å². The van der Waals surface area contributed by atoms with Crippen molar-refractivity contribution in [2.45, 2.75) is 49.4 Å². The van der Waals surface area contributed by atoms with Crippen LogP contribution in [0.3, 0.4) is 0 Å². The smallest absolute Gasteiger partial charge is 0.234 e. The lowest BCUT2D eigenvalue weighted by Crippen LogP contribution is -2.39. The van der Waals surface area contributed by atoms with Crippen molar-refractivity contribution in [2.75, 3.05) is 44.1 Å². The average molecular weight is 510 g/mol. The number of ether oxygens (including phenoxy) is 2. The highest BCUT2D eigenvalue weighted by atomic mass is 32.2. The lowest BCUT2D eigenvalue weighted by molar-refractivity contribution is -0.113. The second kappa shape index (κ2) is 11.1. The number of nitrogens with zero attached hydrogens (tertiary/aromatic N) is 4. The molecule has 12 heteroatoms. The van der Waals surface area contributed by atoms with Crippen molar-refractivity contribution in [1.82, 2.24) is 19.1 Å². The van der Waals surface area contributed by atoms with Gasteiger partial charge in [-0.1, -0.05) is 11.8 Å². The molecule has 186 valence electrons. The molecule has 1 amide bonds. The molecular weight excluding hydrogens is 478 g/mol. The highest BCUT2D eigenvalue weighted by Crippen LogP contribution is 2.31. The number of sulfonamides is 1. The van der Waals surface area contributed by atoms with E-state index >= 15 is 0 Å². The Morgan fingerprint density at radius 3 is 2.71 bits per heavy atom. The molecule has 2 saturated heterocycles. The lowest BCUT2D eigenvalue weighted by Gasteiger charge is -2.30. The summed E-state index contributed by atoms with van der Waals surface area (Å²) in [4.78, 5) is 12.5. The number of benzene rings is 1. The molecule has 0 bridgehead atoms. The van der Waals surface area contributed by atoms with Crippen LogP contribution in [0.1, 0.15) is 37.4 Å². The van der Waals surface area contributed by atoms with E-state index in [4.69, 9.17) is 9.47 Å². The van der Waals surface area contributed by atoms with Crippen molar-refractivity contribution in [3.05, 3.63) is 30.1 Å². The van der Waals surface area contributed by atoms with Crippen molar-refractivity contribution >= 4 is 33.4 Å². The first kappa shape index (κ1) is 25.0. The predicted molar refractivity (Wildman–Crippen MR) is 130 cm³/mol. The van der Waals surface area contributed by atoms with Crippen LogP contribution in [0, 0.1) is 0 Å². The largest absolute Gasteiger partial charge is 0.497 e. The van der Waals surface area contributed by atoms with E-state index in [9.17, 15) is 13.2 Å². The van der Waals surface area contributed by atoms with E-state index in [0.29, 0.717) is 30.5 Å². The second-order valence-corrected chi connectivity index (χ2v) is 11.5. The van der Waals surface area contributed by atoms with Crippen LogP contribution in [0.4, 0.5) is 5.69 Å². The molecule has 0 unspecified atom stereocenters. The number of amides is 1. The Labute approximate surface area is 204 Å². The van der Waals surface area contributed by atoms with Gasteiger partial charge in [0.25, 0.3) is 0 Å². The van der Waals surface area contributed by atoms with Crippen LogP contribution in [0.15, 0.2) is 29.4 Å². The number of piperidine rings is 1. The average Bonchev–Trinajstić information content (AvgIpc) is 3.48. The fourth-order valence-electron chi connectivity index (χ4n) is 4.33. The number of carbonyl (C=O) groups excluding carboxylic acids is 1. The third-order valence-corrected chi connectivity index (χ3v) is 8.32. The molecule has 3 heterocycles. The summed E-state index contributed by atoms with van der Waals surface area (Å²) in [5.74, 6) is 1.47.